The molecule has 0 aliphatic carbocycles. The molecule has 0 amide bonds. The van der Waals surface area contributed by atoms with Crippen LogP contribution in [0.15, 0.2) is 11.4 Å². The van der Waals surface area contributed by atoms with Crippen molar-refractivity contribution in [2.24, 2.45) is 7.05 Å². The van der Waals surface area contributed by atoms with Crippen molar-refractivity contribution < 1.29 is 4.74 Å². The molecule has 0 saturated heterocycles. The molecule has 0 radical (unpaired) electrons. The smallest absolute Gasteiger partial charge is 0.222 e. The predicted octanol–water partition coefficient (Wildman–Crippen LogP) is 1.71. The van der Waals surface area contributed by atoms with Crippen molar-refractivity contribution in [1.82, 2.24) is 19.7 Å². The van der Waals surface area contributed by atoms with Gasteiger partial charge in [-0.1, -0.05) is 11.8 Å². The lowest BCUT2D eigenvalue weighted by molar-refractivity contribution is 0.407. The molecule has 0 aliphatic rings. The Hall–Kier alpha value is -1.76. The molecule has 0 bridgehead atoms. The summed E-state index contributed by atoms with van der Waals surface area (Å²) in [5, 5.41) is 8.61. The lowest BCUT2D eigenvalue weighted by atomic mass is 10.1. The van der Waals surface area contributed by atoms with Gasteiger partial charge in [-0.2, -0.15) is 0 Å². The summed E-state index contributed by atoms with van der Waals surface area (Å²) < 4.78 is 7.15. The van der Waals surface area contributed by atoms with E-state index in [0.717, 1.165) is 27.7 Å². The molecule has 0 aliphatic heterocycles. The zero-order valence-corrected chi connectivity index (χ0v) is 12.3. The summed E-state index contributed by atoms with van der Waals surface area (Å²) in [7, 11) is 3.52. The summed E-state index contributed by atoms with van der Waals surface area (Å²) in [5.74, 6) is 2.01. The van der Waals surface area contributed by atoms with Gasteiger partial charge in [0.25, 0.3) is 0 Å². The number of ether oxygens (including phenoxy) is 1. The van der Waals surface area contributed by atoms with E-state index >= 15 is 0 Å². The van der Waals surface area contributed by atoms with Gasteiger partial charge in [-0.3, -0.25) is 9.55 Å². The van der Waals surface area contributed by atoms with Crippen LogP contribution in [-0.2, 0) is 12.8 Å². The summed E-state index contributed by atoms with van der Waals surface area (Å²) in [6, 6.07) is 0. The fourth-order valence-electron chi connectivity index (χ4n) is 1.80. The second-order valence-corrected chi connectivity index (χ2v) is 5.18. The largest absolute Gasteiger partial charge is 0.496 e. The zero-order valence-electron chi connectivity index (χ0n) is 11.5. The maximum Gasteiger partial charge on any atom is 0.222 e. The molecule has 2 rings (SSSR count). The molecule has 2 N–H and O–H groups in total. The first-order valence-corrected chi connectivity index (χ1v) is 6.80. The monoisotopic (exact) mass is 279 g/mol. The van der Waals surface area contributed by atoms with Gasteiger partial charge in [-0.05, 0) is 13.8 Å². The highest BCUT2D eigenvalue weighted by Crippen LogP contribution is 2.28. The average molecular weight is 279 g/mol. The lowest BCUT2D eigenvalue weighted by Gasteiger charge is -2.11. The number of hydrogen-bond donors (Lipinski definition) is 1. The zero-order chi connectivity index (χ0) is 14.0. The highest BCUT2D eigenvalue weighted by Gasteiger charge is 2.12. The number of rotatable bonds is 4. The SMILES string of the molecule is COc1c(C)cnc(CSc2nnc(N)n2C)c1C. The fourth-order valence-corrected chi connectivity index (χ4v) is 2.74. The molecule has 2 heterocycles. The minimum absolute atomic E-state index is 0.411. The van der Waals surface area contributed by atoms with Crippen LogP contribution >= 0.6 is 11.8 Å². The van der Waals surface area contributed by atoms with Crippen LogP contribution < -0.4 is 10.5 Å². The number of hydrogen-bond acceptors (Lipinski definition) is 6. The molecule has 7 heteroatoms. The number of nitrogen functional groups attached to an aromatic ring is 1. The summed E-state index contributed by atoms with van der Waals surface area (Å²) in [6.07, 6.45) is 1.83. The predicted molar refractivity (Wildman–Crippen MR) is 75.2 cm³/mol. The highest BCUT2D eigenvalue weighted by molar-refractivity contribution is 7.98. The van der Waals surface area contributed by atoms with E-state index in [1.165, 1.54) is 0 Å². The summed E-state index contributed by atoms with van der Waals surface area (Å²) >= 11 is 1.55. The molecule has 0 fully saturated rings. The summed E-state index contributed by atoms with van der Waals surface area (Å²) in [6.45, 7) is 4.00. The quantitative estimate of drug-likeness (QED) is 0.858. The first-order valence-electron chi connectivity index (χ1n) is 5.81. The van der Waals surface area contributed by atoms with Gasteiger partial charge in [0.1, 0.15) is 5.75 Å². The van der Waals surface area contributed by atoms with Crippen LogP contribution in [0.5, 0.6) is 5.75 Å². The summed E-state index contributed by atoms with van der Waals surface area (Å²) in [4.78, 5) is 4.45. The van der Waals surface area contributed by atoms with E-state index in [4.69, 9.17) is 10.5 Å². The number of nitrogens with two attached hydrogens (primary N) is 1. The molecule has 2 aromatic heterocycles. The molecular weight excluding hydrogens is 262 g/mol. The lowest BCUT2D eigenvalue weighted by Crippen LogP contribution is -2.00. The normalized spacial score (nSPS) is 10.7. The van der Waals surface area contributed by atoms with E-state index in [2.05, 4.69) is 15.2 Å². The Bertz CT molecular complexity index is 596. The van der Waals surface area contributed by atoms with Crippen molar-refractivity contribution in [3.05, 3.63) is 23.0 Å². The number of aryl methyl sites for hydroxylation is 1. The van der Waals surface area contributed by atoms with Gasteiger partial charge in [0.15, 0.2) is 5.16 Å². The Morgan fingerprint density at radius 1 is 1.37 bits per heavy atom. The van der Waals surface area contributed by atoms with Crippen molar-refractivity contribution in [1.29, 1.82) is 0 Å². The fraction of sp³-hybridized carbons (Fsp3) is 0.417. The van der Waals surface area contributed by atoms with Crippen molar-refractivity contribution in [2.75, 3.05) is 12.8 Å². The summed E-state index contributed by atoms with van der Waals surface area (Å²) in [5.41, 5.74) is 8.72. The Balaban J connectivity index is 2.18. The molecule has 0 spiro atoms. The van der Waals surface area contributed by atoms with Crippen LogP contribution in [0.4, 0.5) is 5.95 Å². The number of nitrogens with zero attached hydrogens (tertiary/aromatic N) is 4. The van der Waals surface area contributed by atoms with Crippen molar-refractivity contribution in [3.8, 4) is 5.75 Å². The molecular formula is C12H17N5OS. The van der Waals surface area contributed by atoms with E-state index < -0.39 is 0 Å². The van der Waals surface area contributed by atoms with Crippen LogP contribution in [0.1, 0.15) is 16.8 Å². The maximum absolute atomic E-state index is 5.65. The van der Waals surface area contributed by atoms with Crippen LogP contribution in [0.3, 0.4) is 0 Å². The van der Waals surface area contributed by atoms with Gasteiger partial charge < -0.3 is 10.5 Å². The van der Waals surface area contributed by atoms with Gasteiger partial charge in [0, 0.05) is 30.1 Å². The number of methoxy groups -OCH3 is 1. The van der Waals surface area contributed by atoms with E-state index in [-0.39, 0.29) is 0 Å². The molecule has 0 aromatic carbocycles. The van der Waals surface area contributed by atoms with Crippen molar-refractivity contribution >= 4 is 17.7 Å². The topological polar surface area (TPSA) is 78.8 Å². The third-order valence-electron chi connectivity index (χ3n) is 2.96. The van der Waals surface area contributed by atoms with Crippen LogP contribution in [0.2, 0.25) is 0 Å². The van der Waals surface area contributed by atoms with Gasteiger partial charge in [-0.25, -0.2) is 0 Å². The minimum Gasteiger partial charge on any atom is -0.496 e. The molecule has 19 heavy (non-hydrogen) atoms. The Labute approximate surface area is 116 Å². The Kier molecular flexibility index (Phi) is 3.94. The molecule has 6 nitrogen and oxygen atoms in total. The Morgan fingerprint density at radius 3 is 2.68 bits per heavy atom. The van der Waals surface area contributed by atoms with E-state index in [1.807, 2.05) is 27.1 Å². The van der Waals surface area contributed by atoms with Gasteiger partial charge in [0.2, 0.25) is 5.95 Å². The molecule has 0 unspecified atom stereocenters. The third-order valence-corrected chi connectivity index (χ3v) is 3.99. The number of pyridine rings is 1. The second kappa shape index (κ2) is 5.48. The second-order valence-electron chi connectivity index (χ2n) is 4.23. The van der Waals surface area contributed by atoms with Crippen molar-refractivity contribution in [3.63, 3.8) is 0 Å². The van der Waals surface area contributed by atoms with E-state index in [0.29, 0.717) is 11.7 Å². The minimum atomic E-state index is 0.411. The molecule has 102 valence electrons. The van der Waals surface area contributed by atoms with Gasteiger partial charge in [-0.15, -0.1) is 10.2 Å². The van der Waals surface area contributed by atoms with Gasteiger partial charge in [0.05, 0.1) is 12.8 Å². The highest BCUT2D eigenvalue weighted by atomic mass is 32.2. The van der Waals surface area contributed by atoms with Crippen LogP contribution in [0, 0.1) is 13.8 Å². The number of thioether (sulfide) groups is 1. The third kappa shape index (κ3) is 2.65. The molecule has 0 saturated carbocycles. The van der Waals surface area contributed by atoms with Crippen molar-refractivity contribution in [2.45, 2.75) is 24.8 Å². The Morgan fingerprint density at radius 2 is 2.11 bits per heavy atom. The number of anilines is 1. The maximum atomic E-state index is 5.65. The van der Waals surface area contributed by atoms with E-state index in [9.17, 15) is 0 Å². The van der Waals surface area contributed by atoms with Gasteiger partial charge >= 0.3 is 0 Å². The standard InChI is InChI=1S/C12H17N5OS/c1-7-5-14-9(8(2)10(7)18-4)6-19-12-16-15-11(13)17(12)3/h5H,6H2,1-4H3,(H2,13,15). The molecule has 2 aromatic rings. The molecule has 0 atom stereocenters. The van der Waals surface area contributed by atoms with Crippen LogP contribution in [0.25, 0.3) is 0 Å². The van der Waals surface area contributed by atoms with Crippen LogP contribution in [-0.4, -0.2) is 26.9 Å². The first-order chi connectivity index (χ1) is 9.04. The average Bonchev–Trinajstić information content (AvgIpc) is 2.70. The first kappa shape index (κ1) is 13.7. The van der Waals surface area contributed by atoms with E-state index in [1.54, 1.807) is 23.4 Å². The number of aromatic nitrogens is 4.